The van der Waals surface area contributed by atoms with Gasteiger partial charge >= 0.3 is 5.92 Å². The van der Waals surface area contributed by atoms with E-state index in [0.717, 1.165) is 17.0 Å². The van der Waals surface area contributed by atoms with E-state index in [0.29, 0.717) is 11.1 Å². The molecule has 2 atom stereocenters. The van der Waals surface area contributed by atoms with Crippen molar-refractivity contribution in [1.29, 1.82) is 0 Å². The van der Waals surface area contributed by atoms with Crippen LogP contribution in [0.4, 0.5) is 8.78 Å². The summed E-state index contributed by atoms with van der Waals surface area (Å²) in [5.41, 5.74) is -1.99. The lowest BCUT2D eigenvalue weighted by atomic mass is 9.31. The Kier molecular flexibility index (Phi) is 6.35. The third-order valence-corrected chi connectivity index (χ3v) is 6.64. The molecule has 2 aromatic carbocycles. The van der Waals surface area contributed by atoms with Crippen LogP contribution < -0.4 is 10.6 Å². The van der Waals surface area contributed by atoms with Crippen molar-refractivity contribution in [2.75, 3.05) is 0 Å². The topological polar surface area (TPSA) is 95.6 Å². The Morgan fingerprint density at radius 3 is 2.42 bits per heavy atom. The molecule has 174 valence electrons. The van der Waals surface area contributed by atoms with Gasteiger partial charge in [0.2, 0.25) is 11.8 Å². The van der Waals surface area contributed by atoms with Crippen molar-refractivity contribution in [1.82, 2.24) is 15.5 Å². The number of hydrogen-bond donors (Lipinski definition) is 2. The fourth-order valence-corrected chi connectivity index (χ4v) is 4.27. The molecule has 0 bridgehead atoms. The molecule has 0 saturated carbocycles. The molecule has 0 aromatic heterocycles. The van der Waals surface area contributed by atoms with Gasteiger partial charge in [-0.2, -0.15) is 8.78 Å². The van der Waals surface area contributed by atoms with Crippen LogP contribution in [-0.4, -0.2) is 65.4 Å². The number of alkyl halides is 2. The van der Waals surface area contributed by atoms with E-state index in [4.69, 9.17) is 43.0 Å². The van der Waals surface area contributed by atoms with Gasteiger partial charge in [-0.25, -0.2) is 0 Å². The summed E-state index contributed by atoms with van der Waals surface area (Å²) < 4.78 is 29.0. The van der Waals surface area contributed by atoms with Crippen molar-refractivity contribution in [3.63, 3.8) is 0 Å². The lowest BCUT2D eigenvalue weighted by molar-refractivity contribution is -0.147. The van der Waals surface area contributed by atoms with Crippen LogP contribution in [0.15, 0.2) is 42.5 Å². The predicted octanol–water partition coefficient (Wildman–Crippen LogP) is 0.635. The molecule has 2 heterocycles. The first-order valence-corrected chi connectivity index (χ1v) is 10.9. The standard InChI is InChI=1S/C22H14B4ClF2N3O4/c23-15-16(33)31-19(36)22(26,21(15,24)25)32-9-11-7-10(1-6-14(11)17(32)34)8-30-18(35)20(28,29)12-2-4-13(27)5-3-12/h1-7,15H,8-9H2,(H,30,35)(H,31,33,36)/t15?,22-/m0/s1. The maximum absolute atomic E-state index is 14.5. The summed E-state index contributed by atoms with van der Waals surface area (Å²) in [7, 11) is 24.0. The van der Waals surface area contributed by atoms with Crippen LogP contribution in [0, 0.1) is 0 Å². The van der Waals surface area contributed by atoms with E-state index in [-0.39, 0.29) is 23.7 Å². The molecule has 8 radical (unpaired) electrons. The number of nitrogens with zero attached hydrogens (tertiary/aromatic N) is 1. The monoisotopic (exact) mass is 501 g/mol. The average Bonchev–Trinajstić information content (AvgIpc) is 3.16. The highest BCUT2D eigenvalue weighted by molar-refractivity contribution is 6.57. The molecule has 4 rings (SSSR count). The fraction of sp³-hybridized carbons (Fsp3) is 0.273. The third-order valence-electron chi connectivity index (χ3n) is 6.38. The Hall–Kier alpha value is -3.07. The lowest BCUT2D eigenvalue weighted by Gasteiger charge is -2.55. The van der Waals surface area contributed by atoms with Crippen LogP contribution in [0.2, 0.25) is 16.1 Å². The number of hydrogen-bond acceptors (Lipinski definition) is 4. The number of fused-ring (bicyclic) bond motifs is 1. The second kappa shape index (κ2) is 8.80. The number of imide groups is 1. The molecule has 2 aliphatic rings. The number of carbonyl (C=O) groups is 4. The number of nitrogens with one attached hydrogen (secondary N) is 2. The summed E-state index contributed by atoms with van der Waals surface area (Å²) in [6.45, 7) is -0.521. The smallest absolute Gasteiger partial charge is 0.346 e. The minimum atomic E-state index is -3.81. The van der Waals surface area contributed by atoms with Crippen LogP contribution in [-0.2, 0) is 33.4 Å². The van der Waals surface area contributed by atoms with E-state index in [1.54, 1.807) is 0 Å². The summed E-state index contributed by atoms with van der Waals surface area (Å²) in [6.07, 6.45) is 0. The normalized spacial score (nSPS) is 23.2. The molecular formula is C22H14B4ClF2N3O4. The zero-order chi connectivity index (χ0) is 26.6. The Balaban J connectivity index is 1.52. The summed E-state index contributed by atoms with van der Waals surface area (Å²) >= 11 is 5.71. The SMILES string of the molecule is [B]C1C(=O)NC(=O)[C@]([B])(N2Cc3cc(CNC(=O)C(F)(F)c4ccc(Cl)cc4)ccc3C2=O)C1([B])[B]. The van der Waals surface area contributed by atoms with E-state index in [1.165, 1.54) is 30.3 Å². The summed E-state index contributed by atoms with van der Waals surface area (Å²) in [5, 5.41) is 2.08. The number of amides is 4. The number of benzene rings is 2. The van der Waals surface area contributed by atoms with Crippen molar-refractivity contribution < 1.29 is 28.0 Å². The second-order valence-electron chi connectivity index (χ2n) is 8.64. The summed E-state index contributed by atoms with van der Waals surface area (Å²) in [5.74, 6) is -9.67. The minimum absolute atomic E-state index is 0.149. The van der Waals surface area contributed by atoms with Gasteiger partial charge in [-0.1, -0.05) is 41.1 Å². The zero-order valence-electron chi connectivity index (χ0n) is 18.6. The fourth-order valence-electron chi connectivity index (χ4n) is 4.14. The van der Waals surface area contributed by atoms with Gasteiger partial charge in [0.05, 0.1) is 29.0 Å². The van der Waals surface area contributed by atoms with Crippen molar-refractivity contribution in [3.05, 3.63) is 69.7 Å². The first kappa shape index (κ1) is 26.0. The molecule has 1 unspecified atom stereocenters. The van der Waals surface area contributed by atoms with Crippen LogP contribution >= 0.6 is 11.6 Å². The van der Waals surface area contributed by atoms with Gasteiger partial charge < -0.3 is 10.2 Å². The van der Waals surface area contributed by atoms with Crippen molar-refractivity contribution >= 4 is 66.6 Å². The molecule has 2 N–H and O–H groups in total. The molecule has 2 aromatic rings. The van der Waals surface area contributed by atoms with Crippen LogP contribution in [0.5, 0.6) is 0 Å². The number of carbonyl (C=O) groups excluding carboxylic acids is 4. The summed E-state index contributed by atoms with van der Waals surface area (Å²) in [4.78, 5) is 50.7. The molecule has 2 aliphatic heterocycles. The quantitative estimate of drug-likeness (QED) is 0.465. The number of rotatable bonds is 5. The molecule has 0 spiro atoms. The molecular weight excluding hydrogens is 487 g/mol. The lowest BCUT2D eigenvalue weighted by Crippen LogP contribution is -2.72. The van der Waals surface area contributed by atoms with Crippen LogP contribution in [0.1, 0.15) is 27.0 Å². The summed E-state index contributed by atoms with van der Waals surface area (Å²) in [6, 6.07) is 8.92. The first-order chi connectivity index (χ1) is 16.7. The first-order valence-electron chi connectivity index (χ1n) is 10.5. The maximum atomic E-state index is 14.5. The van der Waals surface area contributed by atoms with E-state index >= 15 is 0 Å². The van der Waals surface area contributed by atoms with Gasteiger partial charge in [0.15, 0.2) is 0 Å². The Bertz CT molecular complexity index is 1290. The highest BCUT2D eigenvalue weighted by Crippen LogP contribution is 2.49. The van der Waals surface area contributed by atoms with Crippen LogP contribution in [0.3, 0.4) is 0 Å². The van der Waals surface area contributed by atoms with Crippen molar-refractivity contribution in [2.45, 2.75) is 35.5 Å². The van der Waals surface area contributed by atoms with Gasteiger partial charge in [-0.3, -0.25) is 24.5 Å². The van der Waals surface area contributed by atoms with Crippen LogP contribution in [0.25, 0.3) is 0 Å². The number of halogens is 3. The van der Waals surface area contributed by atoms with Crippen molar-refractivity contribution in [2.24, 2.45) is 0 Å². The molecule has 0 aliphatic carbocycles. The maximum Gasteiger partial charge on any atom is 0.349 e. The Morgan fingerprint density at radius 1 is 1.14 bits per heavy atom. The zero-order valence-corrected chi connectivity index (χ0v) is 19.3. The minimum Gasteiger partial charge on any atom is -0.346 e. The van der Waals surface area contributed by atoms with Gasteiger partial charge in [0.1, 0.15) is 7.85 Å². The average molecular weight is 501 g/mol. The third kappa shape index (κ3) is 3.93. The second-order valence-corrected chi connectivity index (χ2v) is 9.08. The molecule has 14 heteroatoms. The van der Waals surface area contributed by atoms with Crippen molar-refractivity contribution in [3.8, 4) is 0 Å². The van der Waals surface area contributed by atoms with Gasteiger partial charge in [0, 0.05) is 29.2 Å². The van der Waals surface area contributed by atoms with Gasteiger partial charge in [0.25, 0.3) is 11.8 Å². The van der Waals surface area contributed by atoms with Gasteiger partial charge in [-0.05, 0) is 35.1 Å². The van der Waals surface area contributed by atoms with E-state index in [1.807, 2.05) is 5.32 Å². The highest BCUT2D eigenvalue weighted by Gasteiger charge is 2.59. The van der Waals surface area contributed by atoms with E-state index in [2.05, 4.69) is 5.32 Å². The highest BCUT2D eigenvalue weighted by atomic mass is 35.5. The van der Waals surface area contributed by atoms with E-state index < -0.39 is 51.6 Å². The Labute approximate surface area is 215 Å². The number of piperidine rings is 1. The molecule has 36 heavy (non-hydrogen) atoms. The molecule has 4 amide bonds. The van der Waals surface area contributed by atoms with E-state index in [9.17, 15) is 28.0 Å². The Morgan fingerprint density at radius 2 is 1.78 bits per heavy atom. The molecule has 1 saturated heterocycles. The molecule has 7 nitrogen and oxygen atoms in total. The molecule has 1 fully saturated rings. The van der Waals surface area contributed by atoms with Gasteiger partial charge in [-0.15, -0.1) is 0 Å². The predicted molar refractivity (Wildman–Crippen MR) is 129 cm³/mol. The largest absolute Gasteiger partial charge is 0.349 e.